The van der Waals surface area contributed by atoms with Crippen LogP contribution < -0.4 is 5.19 Å². The van der Waals surface area contributed by atoms with Gasteiger partial charge in [-0.05, 0) is 40.8 Å². The van der Waals surface area contributed by atoms with Gasteiger partial charge in [0.2, 0.25) is 0 Å². The summed E-state index contributed by atoms with van der Waals surface area (Å²) in [5.74, 6) is 0. The number of furan rings is 1. The second kappa shape index (κ2) is 6.59. The van der Waals surface area contributed by atoms with Crippen molar-refractivity contribution in [2.24, 2.45) is 5.41 Å². The Morgan fingerprint density at radius 1 is 0.929 bits per heavy atom. The van der Waals surface area contributed by atoms with Gasteiger partial charge >= 0.3 is 0 Å². The zero-order chi connectivity index (χ0) is 20.1. The maximum absolute atomic E-state index is 6.24. The smallest absolute Gasteiger partial charge is 0.144 e. The number of rotatable bonds is 3. The average Bonchev–Trinajstić information content (AvgIpc) is 2.98. The molecule has 144 valence electrons. The molecule has 2 heterocycles. The molecule has 2 nitrogen and oxygen atoms in total. The number of pyridine rings is 1. The van der Waals surface area contributed by atoms with Gasteiger partial charge in [0.15, 0.2) is 0 Å². The fourth-order valence-electron chi connectivity index (χ4n) is 3.99. The van der Waals surface area contributed by atoms with Crippen molar-refractivity contribution in [1.29, 1.82) is 0 Å². The lowest BCUT2D eigenvalue weighted by Crippen LogP contribution is -2.41. The van der Waals surface area contributed by atoms with Crippen molar-refractivity contribution >= 4 is 35.2 Å². The van der Waals surface area contributed by atoms with E-state index in [9.17, 15) is 0 Å². The second-order valence-electron chi connectivity index (χ2n) is 9.99. The van der Waals surface area contributed by atoms with Crippen molar-refractivity contribution in [2.75, 3.05) is 0 Å². The van der Waals surface area contributed by atoms with Gasteiger partial charge < -0.3 is 4.42 Å². The van der Waals surface area contributed by atoms with E-state index in [1.54, 1.807) is 0 Å². The zero-order valence-electron chi connectivity index (χ0n) is 17.8. The van der Waals surface area contributed by atoms with E-state index >= 15 is 0 Å². The number of benzene rings is 2. The van der Waals surface area contributed by atoms with Gasteiger partial charge in [-0.15, -0.1) is 0 Å². The Morgan fingerprint density at radius 3 is 2.36 bits per heavy atom. The number of fused-ring (bicyclic) bond motifs is 3. The lowest BCUT2D eigenvalue weighted by molar-refractivity contribution is 0.412. The summed E-state index contributed by atoms with van der Waals surface area (Å²) in [6.07, 6.45) is 3.18. The first-order valence-electron chi connectivity index (χ1n) is 10.0. The van der Waals surface area contributed by atoms with Gasteiger partial charge in [0.1, 0.15) is 11.2 Å². The van der Waals surface area contributed by atoms with Crippen LogP contribution in [0, 0.1) is 5.41 Å². The van der Waals surface area contributed by atoms with Crippen molar-refractivity contribution < 1.29 is 4.42 Å². The molecule has 4 aromatic rings. The molecule has 0 bridgehead atoms. The molecule has 0 N–H and O–H groups in total. The van der Waals surface area contributed by atoms with Gasteiger partial charge in [-0.2, -0.15) is 0 Å². The van der Waals surface area contributed by atoms with Gasteiger partial charge in [0.25, 0.3) is 0 Å². The fraction of sp³-hybridized carbons (Fsp3) is 0.320. The Labute approximate surface area is 168 Å². The van der Waals surface area contributed by atoms with Gasteiger partial charge in [0.05, 0.1) is 13.8 Å². The summed E-state index contributed by atoms with van der Waals surface area (Å²) in [6, 6.07) is 16.9. The van der Waals surface area contributed by atoms with E-state index < -0.39 is 8.07 Å². The summed E-state index contributed by atoms with van der Waals surface area (Å²) in [6.45, 7) is 14.1. The van der Waals surface area contributed by atoms with Crippen LogP contribution >= 0.6 is 0 Å². The molecule has 0 amide bonds. The minimum Gasteiger partial charge on any atom is -0.455 e. The third kappa shape index (κ3) is 3.51. The van der Waals surface area contributed by atoms with E-state index in [4.69, 9.17) is 9.40 Å². The van der Waals surface area contributed by atoms with E-state index in [1.807, 2.05) is 12.1 Å². The second-order valence-corrected chi connectivity index (χ2v) is 15.0. The first-order valence-corrected chi connectivity index (χ1v) is 13.5. The molecule has 0 saturated heterocycles. The monoisotopic (exact) mass is 387 g/mol. The van der Waals surface area contributed by atoms with Crippen molar-refractivity contribution in [3.8, 4) is 11.3 Å². The molecule has 28 heavy (non-hydrogen) atoms. The zero-order valence-corrected chi connectivity index (χ0v) is 18.8. The highest BCUT2D eigenvalue weighted by Gasteiger charge is 2.24. The third-order valence-electron chi connectivity index (χ3n) is 5.20. The molecule has 4 rings (SSSR count). The van der Waals surface area contributed by atoms with Crippen LogP contribution in [0.1, 0.15) is 26.3 Å². The Bertz CT molecular complexity index is 1160. The first kappa shape index (κ1) is 18.9. The minimum atomic E-state index is -1.47. The van der Waals surface area contributed by atoms with Crippen LogP contribution in [-0.2, 0) is 6.42 Å². The third-order valence-corrected chi connectivity index (χ3v) is 7.26. The standard InChI is InChI=1S/C25H29NOSi/c1-25(2,3)15-17-14-21(26-16-23(17)28(4,5)6)20-12-9-11-19-18-10-7-8-13-22(18)27-24(19)20/h7-14,16H,15H2,1-6H3. The maximum atomic E-state index is 6.24. The molecule has 0 aliphatic heterocycles. The lowest BCUT2D eigenvalue weighted by Gasteiger charge is -2.26. The molecule has 2 aromatic heterocycles. The molecular weight excluding hydrogens is 358 g/mol. The lowest BCUT2D eigenvalue weighted by atomic mass is 9.88. The molecule has 0 unspecified atom stereocenters. The molecule has 2 aromatic carbocycles. The van der Waals surface area contributed by atoms with Crippen LogP contribution in [0.3, 0.4) is 0 Å². The predicted molar refractivity (Wildman–Crippen MR) is 123 cm³/mol. The maximum Gasteiger partial charge on any atom is 0.144 e. The molecule has 0 radical (unpaired) electrons. The summed E-state index contributed by atoms with van der Waals surface area (Å²) in [5.41, 5.74) is 5.61. The summed E-state index contributed by atoms with van der Waals surface area (Å²) >= 11 is 0. The van der Waals surface area contributed by atoms with Crippen LogP contribution in [0.25, 0.3) is 33.2 Å². The van der Waals surface area contributed by atoms with Gasteiger partial charge in [-0.3, -0.25) is 4.98 Å². The number of aromatic nitrogens is 1. The van der Waals surface area contributed by atoms with Crippen molar-refractivity contribution in [3.63, 3.8) is 0 Å². The molecular formula is C25H29NOSi. The van der Waals surface area contributed by atoms with Crippen LogP contribution in [0.5, 0.6) is 0 Å². The molecule has 0 fully saturated rings. The first-order chi connectivity index (χ1) is 13.1. The van der Waals surface area contributed by atoms with Crippen LogP contribution in [0.2, 0.25) is 19.6 Å². The van der Waals surface area contributed by atoms with Crippen LogP contribution in [0.15, 0.2) is 59.1 Å². The molecule has 3 heteroatoms. The van der Waals surface area contributed by atoms with Gasteiger partial charge in [0, 0.05) is 22.5 Å². The molecule has 0 spiro atoms. The van der Waals surface area contributed by atoms with Gasteiger partial charge in [-0.1, -0.05) is 70.7 Å². The van der Waals surface area contributed by atoms with Crippen molar-refractivity contribution in [2.45, 2.75) is 46.8 Å². The highest BCUT2D eigenvalue weighted by atomic mass is 28.3. The average molecular weight is 388 g/mol. The number of para-hydroxylation sites is 2. The van der Waals surface area contributed by atoms with E-state index in [0.717, 1.165) is 39.6 Å². The normalized spacial score (nSPS) is 12.8. The Hall–Kier alpha value is -2.39. The van der Waals surface area contributed by atoms with Crippen LogP contribution in [0.4, 0.5) is 0 Å². The number of hydrogen-bond donors (Lipinski definition) is 0. The Kier molecular flexibility index (Phi) is 4.46. The Balaban J connectivity index is 1.93. The predicted octanol–water partition coefficient (Wildman–Crippen LogP) is 6.78. The van der Waals surface area contributed by atoms with Gasteiger partial charge in [-0.25, -0.2) is 0 Å². The molecule has 0 saturated carbocycles. The summed E-state index contributed by atoms with van der Waals surface area (Å²) in [7, 11) is -1.47. The largest absolute Gasteiger partial charge is 0.455 e. The Morgan fingerprint density at radius 2 is 1.64 bits per heavy atom. The number of nitrogens with zero attached hydrogens (tertiary/aromatic N) is 1. The quantitative estimate of drug-likeness (QED) is 0.362. The van der Waals surface area contributed by atoms with Crippen molar-refractivity contribution in [3.05, 3.63) is 60.3 Å². The summed E-state index contributed by atoms with van der Waals surface area (Å²) in [5, 5.41) is 3.78. The molecule has 0 atom stereocenters. The van der Waals surface area contributed by atoms with E-state index in [1.165, 1.54) is 10.8 Å². The minimum absolute atomic E-state index is 0.235. The van der Waals surface area contributed by atoms with Crippen LogP contribution in [-0.4, -0.2) is 13.1 Å². The molecule has 0 aliphatic carbocycles. The van der Waals surface area contributed by atoms with E-state index in [2.05, 4.69) is 83.0 Å². The van der Waals surface area contributed by atoms with E-state index in [-0.39, 0.29) is 5.41 Å². The highest BCUT2D eigenvalue weighted by molar-refractivity contribution is 6.89. The molecule has 0 aliphatic rings. The summed E-state index contributed by atoms with van der Waals surface area (Å²) < 4.78 is 6.24. The fourth-order valence-corrected chi connectivity index (χ4v) is 5.56. The topological polar surface area (TPSA) is 26.0 Å². The number of hydrogen-bond acceptors (Lipinski definition) is 2. The van der Waals surface area contributed by atoms with E-state index in [0.29, 0.717) is 0 Å². The summed E-state index contributed by atoms with van der Waals surface area (Å²) in [4.78, 5) is 4.90. The van der Waals surface area contributed by atoms with Crippen molar-refractivity contribution in [1.82, 2.24) is 4.98 Å². The SMILES string of the molecule is CC(C)(C)Cc1cc(-c2cccc3c2oc2ccccc23)ncc1[Si](C)(C)C. The highest BCUT2D eigenvalue weighted by Crippen LogP contribution is 2.35.